The molecule has 0 aliphatic heterocycles. The van der Waals surface area contributed by atoms with Crippen molar-refractivity contribution in [3.05, 3.63) is 30.0 Å². The van der Waals surface area contributed by atoms with Gasteiger partial charge in [0.25, 0.3) is 0 Å². The minimum atomic E-state index is 0.676. The van der Waals surface area contributed by atoms with Gasteiger partial charge in [-0.2, -0.15) is 0 Å². The fourth-order valence-corrected chi connectivity index (χ4v) is 0.909. The van der Waals surface area contributed by atoms with Gasteiger partial charge in [-0.3, -0.25) is 0 Å². The molecule has 0 bridgehead atoms. The van der Waals surface area contributed by atoms with E-state index in [1.54, 1.807) is 19.4 Å². The summed E-state index contributed by atoms with van der Waals surface area (Å²) in [5.41, 5.74) is 2.05. The zero-order valence-electron chi connectivity index (χ0n) is 6.79. The van der Waals surface area contributed by atoms with Gasteiger partial charge in [0.15, 0.2) is 0 Å². The predicted octanol–water partition coefficient (Wildman–Crippen LogP) is 2.04. The monoisotopic (exact) mass is 149 g/mol. The molecule has 0 amide bonds. The minimum Gasteiger partial charge on any atom is -0.481 e. The zero-order chi connectivity index (χ0) is 8.27. The molecular weight excluding hydrogens is 138 g/mol. The van der Waals surface area contributed by atoms with Crippen LogP contribution in [0, 0.1) is 6.92 Å². The van der Waals surface area contributed by atoms with Crippen LogP contribution in [-0.2, 0) is 0 Å². The molecule has 0 atom stereocenters. The van der Waals surface area contributed by atoms with Crippen molar-refractivity contribution >= 4 is 6.08 Å². The van der Waals surface area contributed by atoms with E-state index in [1.165, 1.54) is 0 Å². The third kappa shape index (κ3) is 1.58. The summed E-state index contributed by atoms with van der Waals surface area (Å²) in [5, 5.41) is 0. The molecule has 0 fully saturated rings. The SMILES string of the molecule is C=Cc1cnc(OC)c(C)c1. The molecule has 58 valence electrons. The van der Waals surface area contributed by atoms with E-state index in [0.717, 1.165) is 11.1 Å². The zero-order valence-corrected chi connectivity index (χ0v) is 6.79. The molecule has 0 radical (unpaired) electrons. The van der Waals surface area contributed by atoms with Crippen LogP contribution in [0.25, 0.3) is 6.08 Å². The summed E-state index contributed by atoms with van der Waals surface area (Å²) in [7, 11) is 1.61. The summed E-state index contributed by atoms with van der Waals surface area (Å²) in [5.74, 6) is 0.676. The molecule has 11 heavy (non-hydrogen) atoms. The molecule has 0 unspecified atom stereocenters. The number of rotatable bonds is 2. The molecule has 2 nitrogen and oxygen atoms in total. The highest BCUT2D eigenvalue weighted by molar-refractivity contribution is 5.48. The van der Waals surface area contributed by atoms with Crippen LogP contribution in [0.4, 0.5) is 0 Å². The molecule has 0 aliphatic rings. The van der Waals surface area contributed by atoms with Gasteiger partial charge in [0.1, 0.15) is 0 Å². The van der Waals surface area contributed by atoms with Gasteiger partial charge < -0.3 is 4.74 Å². The second-order valence-electron chi connectivity index (χ2n) is 2.30. The molecule has 0 saturated heterocycles. The Balaban J connectivity index is 3.09. The van der Waals surface area contributed by atoms with E-state index in [-0.39, 0.29) is 0 Å². The molecule has 0 spiro atoms. The number of aromatic nitrogens is 1. The lowest BCUT2D eigenvalue weighted by molar-refractivity contribution is 0.394. The van der Waals surface area contributed by atoms with E-state index in [1.807, 2.05) is 13.0 Å². The van der Waals surface area contributed by atoms with Crippen LogP contribution in [0.1, 0.15) is 11.1 Å². The Bertz CT molecular complexity index is 268. The highest BCUT2D eigenvalue weighted by Crippen LogP contribution is 2.14. The number of hydrogen-bond acceptors (Lipinski definition) is 2. The maximum Gasteiger partial charge on any atom is 0.215 e. The van der Waals surface area contributed by atoms with Crippen LogP contribution in [0.3, 0.4) is 0 Å². The van der Waals surface area contributed by atoms with Crippen LogP contribution < -0.4 is 4.74 Å². The molecule has 1 aromatic rings. The fraction of sp³-hybridized carbons (Fsp3) is 0.222. The Hall–Kier alpha value is -1.31. The van der Waals surface area contributed by atoms with E-state index in [4.69, 9.17) is 4.74 Å². The average Bonchev–Trinajstić information content (AvgIpc) is 2.04. The first-order chi connectivity index (χ1) is 5.27. The van der Waals surface area contributed by atoms with Crippen LogP contribution in [0.2, 0.25) is 0 Å². The average molecular weight is 149 g/mol. The Labute approximate surface area is 66.5 Å². The Kier molecular flexibility index (Phi) is 2.26. The normalized spacial score (nSPS) is 9.27. The van der Waals surface area contributed by atoms with Gasteiger partial charge in [-0.05, 0) is 18.6 Å². The predicted molar refractivity (Wildman–Crippen MR) is 45.6 cm³/mol. The van der Waals surface area contributed by atoms with Crippen molar-refractivity contribution in [2.24, 2.45) is 0 Å². The van der Waals surface area contributed by atoms with Gasteiger partial charge in [0.2, 0.25) is 5.88 Å². The van der Waals surface area contributed by atoms with Gasteiger partial charge in [-0.15, -0.1) is 0 Å². The summed E-state index contributed by atoms with van der Waals surface area (Å²) in [6.45, 7) is 5.60. The van der Waals surface area contributed by atoms with Crippen LogP contribution in [-0.4, -0.2) is 12.1 Å². The third-order valence-corrected chi connectivity index (χ3v) is 1.48. The van der Waals surface area contributed by atoms with Crippen molar-refractivity contribution in [1.29, 1.82) is 0 Å². The van der Waals surface area contributed by atoms with Crippen molar-refractivity contribution < 1.29 is 4.74 Å². The molecule has 1 heterocycles. The highest BCUT2D eigenvalue weighted by atomic mass is 16.5. The molecule has 0 aromatic carbocycles. The quantitative estimate of drug-likeness (QED) is 0.642. The summed E-state index contributed by atoms with van der Waals surface area (Å²) >= 11 is 0. The first kappa shape index (κ1) is 7.79. The van der Waals surface area contributed by atoms with E-state index >= 15 is 0 Å². The minimum absolute atomic E-state index is 0.676. The second-order valence-corrected chi connectivity index (χ2v) is 2.30. The number of nitrogens with zero attached hydrogens (tertiary/aromatic N) is 1. The van der Waals surface area contributed by atoms with E-state index in [0.29, 0.717) is 5.88 Å². The smallest absolute Gasteiger partial charge is 0.215 e. The number of ether oxygens (including phenoxy) is 1. The highest BCUT2D eigenvalue weighted by Gasteiger charge is 1.97. The molecule has 0 aliphatic carbocycles. The van der Waals surface area contributed by atoms with E-state index in [9.17, 15) is 0 Å². The largest absolute Gasteiger partial charge is 0.481 e. The molecule has 1 rings (SSSR count). The van der Waals surface area contributed by atoms with Crippen molar-refractivity contribution in [3.63, 3.8) is 0 Å². The molecule has 1 aromatic heterocycles. The lowest BCUT2D eigenvalue weighted by Crippen LogP contribution is -1.90. The summed E-state index contributed by atoms with van der Waals surface area (Å²) < 4.78 is 5.00. The van der Waals surface area contributed by atoms with Crippen molar-refractivity contribution in [2.75, 3.05) is 7.11 Å². The molecule has 0 saturated carbocycles. The van der Waals surface area contributed by atoms with Gasteiger partial charge in [-0.25, -0.2) is 4.98 Å². The number of aryl methyl sites for hydroxylation is 1. The number of hydrogen-bond donors (Lipinski definition) is 0. The van der Waals surface area contributed by atoms with Gasteiger partial charge in [-0.1, -0.05) is 12.7 Å². The lowest BCUT2D eigenvalue weighted by atomic mass is 10.2. The van der Waals surface area contributed by atoms with Crippen molar-refractivity contribution in [3.8, 4) is 5.88 Å². The van der Waals surface area contributed by atoms with Crippen molar-refractivity contribution in [1.82, 2.24) is 4.98 Å². The Morgan fingerprint density at radius 2 is 2.36 bits per heavy atom. The number of methoxy groups -OCH3 is 1. The van der Waals surface area contributed by atoms with E-state index < -0.39 is 0 Å². The Morgan fingerprint density at radius 3 is 2.82 bits per heavy atom. The summed E-state index contributed by atoms with van der Waals surface area (Å²) in [6, 6.07) is 1.98. The maximum atomic E-state index is 5.00. The maximum absolute atomic E-state index is 5.00. The molecular formula is C9H11NO. The summed E-state index contributed by atoms with van der Waals surface area (Å²) in [6.07, 6.45) is 3.50. The lowest BCUT2D eigenvalue weighted by Gasteiger charge is -2.02. The standard InChI is InChI=1S/C9H11NO/c1-4-8-5-7(2)9(11-3)10-6-8/h4-6H,1H2,2-3H3. The van der Waals surface area contributed by atoms with Crippen LogP contribution in [0.15, 0.2) is 18.8 Å². The third-order valence-electron chi connectivity index (χ3n) is 1.48. The summed E-state index contributed by atoms with van der Waals surface area (Å²) in [4.78, 5) is 4.07. The van der Waals surface area contributed by atoms with Gasteiger partial charge >= 0.3 is 0 Å². The molecule has 2 heteroatoms. The second kappa shape index (κ2) is 3.19. The van der Waals surface area contributed by atoms with Gasteiger partial charge in [0, 0.05) is 11.8 Å². The first-order valence-corrected chi connectivity index (χ1v) is 3.41. The van der Waals surface area contributed by atoms with Gasteiger partial charge in [0.05, 0.1) is 7.11 Å². The Morgan fingerprint density at radius 1 is 1.64 bits per heavy atom. The fourth-order valence-electron chi connectivity index (χ4n) is 0.909. The number of pyridine rings is 1. The molecule has 0 N–H and O–H groups in total. The van der Waals surface area contributed by atoms with Crippen LogP contribution >= 0.6 is 0 Å². The topological polar surface area (TPSA) is 22.1 Å². The van der Waals surface area contributed by atoms with Crippen molar-refractivity contribution in [2.45, 2.75) is 6.92 Å². The van der Waals surface area contributed by atoms with E-state index in [2.05, 4.69) is 11.6 Å². The van der Waals surface area contributed by atoms with Crippen LogP contribution in [0.5, 0.6) is 5.88 Å². The first-order valence-electron chi connectivity index (χ1n) is 3.41.